The van der Waals surface area contributed by atoms with Crippen molar-refractivity contribution < 1.29 is 13.1 Å². The van der Waals surface area contributed by atoms with E-state index < -0.39 is 6.97 Å². The summed E-state index contributed by atoms with van der Waals surface area (Å²) in [5.41, 5.74) is 3.07. The van der Waals surface area contributed by atoms with Crippen molar-refractivity contribution in [3.63, 3.8) is 0 Å². The number of hydrogen-bond acceptors (Lipinski definition) is 4. The fourth-order valence-electron chi connectivity index (χ4n) is 3.46. The number of nitrogens with zero attached hydrogens (tertiary/aromatic N) is 6. The van der Waals surface area contributed by atoms with Gasteiger partial charge in [0.05, 0.1) is 0 Å². The lowest BCUT2D eigenvalue weighted by atomic mass is 9.90. The maximum atomic E-state index is 15.2. The number of halogens is 2. The van der Waals surface area contributed by atoms with Crippen LogP contribution in [-0.2, 0) is 6.42 Å². The van der Waals surface area contributed by atoms with Crippen LogP contribution in [-0.4, -0.2) is 42.0 Å². The Balaban J connectivity index is 1.74. The lowest BCUT2D eigenvalue weighted by Gasteiger charge is -2.30. The summed E-state index contributed by atoms with van der Waals surface area (Å²) < 4.78 is 32.7. The summed E-state index contributed by atoms with van der Waals surface area (Å²) in [6.45, 7) is -0.350. The third-order valence-corrected chi connectivity index (χ3v) is 4.46. The van der Waals surface area contributed by atoms with E-state index in [0.717, 1.165) is 14.5 Å². The van der Waals surface area contributed by atoms with Crippen LogP contribution in [0, 0.1) is 13.8 Å². The Morgan fingerprint density at radius 3 is 2.62 bits per heavy atom. The van der Waals surface area contributed by atoms with E-state index in [-0.39, 0.29) is 0 Å². The molecule has 4 rings (SSSR count). The van der Waals surface area contributed by atoms with Crippen molar-refractivity contribution in [1.82, 2.24) is 24.9 Å². The number of rotatable bonds is 3. The molecular weight excluding hydrogens is 313 g/mol. The number of hydrogen-bond donors (Lipinski definition) is 0. The van der Waals surface area contributed by atoms with Crippen LogP contribution in [0.15, 0.2) is 30.2 Å². The second-order valence-electron chi connectivity index (χ2n) is 6.04. The third kappa shape index (κ3) is 2.11. The molecular formula is C15H15BF2N6. The van der Waals surface area contributed by atoms with E-state index in [2.05, 4.69) is 20.4 Å². The van der Waals surface area contributed by atoms with Crippen LogP contribution in [0.3, 0.4) is 0 Å². The molecule has 0 aromatic carbocycles. The highest BCUT2D eigenvalue weighted by Gasteiger charge is 2.52. The van der Waals surface area contributed by atoms with Crippen LogP contribution in [0.5, 0.6) is 0 Å². The smallest absolute Gasteiger partial charge is 0.394 e. The molecule has 2 aromatic heterocycles. The summed E-state index contributed by atoms with van der Waals surface area (Å²) in [7, 11) is 0. The first-order valence-electron chi connectivity index (χ1n) is 7.73. The molecule has 0 spiro atoms. The minimum atomic E-state index is -3.92. The zero-order valence-corrected chi connectivity index (χ0v) is 13.3. The maximum Gasteiger partial charge on any atom is 0.737 e. The molecule has 0 amide bonds. The highest BCUT2D eigenvalue weighted by molar-refractivity contribution is 6.58. The Labute approximate surface area is 137 Å². The molecule has 0 fully saturated rings. The highest BCUT2D eigenvalue weighted by atomic mass is 19.2. The minimum Gasteiger partial charge on any atom is -0.394 e. The zero-order chi connectivity index (χ0) is 16.9. The summed E-state index contributed by atoms with van der Waals surface area (Å²) in [6, 6.07) is 1.79. The van der Waals surface area contributed by atoms with Crippen molar-refractivity contribution in [2.24, 2.45) is 0 Å². The van der Waals surface area contributed by atoms with Gasteiger partial charge in [-0.05, 0) is 31.2 Å². The molecule has 122 valence electrons. The van der Waals surface area contributed by atoms with Gasteiger partial charge in [-0.25, -0.2) is 0 Å². The van der Waals surface area contributed by atoms with Crippen molar-refractivity contribution >= 4 is 18.8 Å². The van der Waals surface area contributed by atoms with Gasteiger partial charge >= 0.3 is 6.97 Å². The number of aromatic nitrogens is 5. The first kappa shape index (κ1) is 14.9. The van der Waals surface area contributed by atoms with Crippen LogP contribution >= 0.6 is 0 Å². The van der Waals surface area contributed by atoms with Gasteiger partial charge in [-0.3, -0.25) is 0 Å². The molecule has 0 radical (unpaired) electrons. The van der Waals surface area contributed by atoms with Crippen LogP contribution in [0.25, 0.3) is 6.08 Å². The molecule has 0 N–H and O–H groups in total. The fraction of sp³-hybridized carbons (Fsp3) is 0.267. The molecule has 24 heavy (non-hydrogen) atoms. The summed E-state index contributed by atoms with van der Waals surface area (Å²) in [5.74, 6) is 0.442. The van der Waals surface area contributed by atoms with Crippen LogP contribution in [0.2, 0.25) is 0 Å². The van der Waals surface area contributed by atoms with Gasteiger partial charge in [0.1, 0.15) is 5.71 Å². The maximum absolute atomic E-state index is 15.2. The third-order valence-electron chi connectivity index (χ3n) is 4.46. The summed E-state index contributed by atoms with van der Waals surface area (Å²) >= 11 is 0. The monoisotopic (exact) mass is 328 g/mol. The first-order chi connectivity index (χ1) is 11.5. The molecule has 0 saturated carbocycles. The zero-order valence-electron chi connectivity index (χ0n) is 13.3. The van der Waals surface area contributed by atoms with Gasteiger partial charge in [0, 0.05) is 36.8 Å². The van der Waals surface area contributed by atoms with E-state index in [1.54, 1.807) is 25.1 Å². The van der Waals surface area contributed by atoms with E-state index in [1.807, 2.05) is 13.0 Å². The Bertz CT molecular complexity index is 914. The molecule has 2 aromatic rings. The lowest BCUT2D eigenvalue weighted by Crippen LogP contribution is -2.50. The van der Waals surface area contributed by atoms with E-state index in [0.29, 0.717) is 41.5 Å². The number of allylic oxidation sites excluding steroid dienone is 2. The topological polar surface area (TPSA) is 59.5 Å². The van der Waals surface area contributed by atoms with Crippen molar-refractivity contribution in [2.45, 2.75) is 26.7 Å². The Hall–Kier alpha value is -2.71. The summed E-state index contributed by atoms with van der Waals surface area (Å²) in [6.07, 6.45) is 7.34. The quantitative estimate of drug-likeness (QED) is 0.808. The predicted molar refractivity (Wildman–Crippen MR) is 85.6 cm³/mol. The van der Waals surface area contributed by atoms with Gasteiger partial charge in [0.2, 0.25) is 0 Å². The standard InChI is InChI=1S/C15H15BF2N6/c1-10-7-11(2)23-14(10)8-13-4-3-12(24(13)16(23,17)18)5-6-15-21-19-9-20-22-15/h3-4,7-9H,5-6H2,1-2H3. The van der Waals surface area contributed by atoms with Gasteiger partial charge in [-0.2, -0.15) is 0 Å². The van der Waals surface area contributed by atoms with E-state index in [4.69, 9.17) is 0 Å². The molecule has 0 saturated heterocycles. The average Bonchev–Trinajstić information content (AvgIpc) is 3.09. The fourth-order valence-corrected chi connectivity index (χ4v) is 3.46. The normalized spacial score (nSPS) is 17.8. The Kier molecular flexibility index (Phi) is 3.19. The second-order valence-corrected chi connectivity index (χ2v) is 6.04. The molecule has 0 unspecified atom stereocenters. The van der Waals surface area contributed by atoms with Crippen molar-refractivity contribution in [1.29, 1.82) is 0 Å². The molecule has 0 atom stereocenters. The van der Waals surface area contributed by atoms with Crippen LogP contribution < -0.4 is 0 Å². The first-order valence-corrected chi connectivity index (χ1v) is 7.73. The molecule has 4 heterocycles. The predicted octanol–water partition coefficient (Wildman–Crippen LogP) is 1.92. The van der Waals surface area contributed by atoms with Gasteiger partial charge in [-0.15, -0.1) is 20.4 Å². The van der Waals surface area contributed by atoms with E-state index in [1.165, 1.54) is 6.33 Å². The molecule has 0 aliphatic carbocycles. The van der Waals surface area contributed by atoms with Gasteiger partial charge < -0.3 is 17.6 Å². The van der Waals surface area contributed by atoms with Gasteiger partial charge in [0.25, 0.3) is 0 Å². The summed E-state index contributed by atoms with van der Waals surface area (Å²) in [5, 5.41) is 15.0. The molecule has 2 aliphatic heterocycles. The van der Waals surface area contributed by atoms with Crippen molar-refractivity contribution in [3.8, 4) is 0 Å². The molecule has 9 heteroatoms. The second kappa shape index (κ2) is 5.15. The summed E-state index contributed by atoms with van der Waals surface area (Å²) in [4.78, 5) is 0. The van der Waals surface area contributed by atoms with Crippen LogP contribution in [0.1, 0.15) is 29.2 Å². The minimum absolute atomic E-state index is 0.396. The van der Waals surface area contributed by atoms with Crippen LogP contribution in [0.4, 0.5) is 8.63 Å². The number of aryl methyl sites for hydroxylation is 3. The van der Waals surface area contributed by atoms with Crippen molar-refractivity contribution in [2.75, 3.05) is 0 Å². The SMILES string of the molecule is Cc1cc(C)n2c1C=C1C=CC(CCc3nncnn3)=[N+]1[B-]2(F)F. The van der Waals surface area contributed by atoms with Crippen molar-refractivity contribution in [3.05, 3.63) is 53.0 Å². The lowest BCUT2D eigenvalue weighted by molar-refractivity contribution is -0.362. The number of fused-ring (bicyclic) bond motifs is 2. The largest absolute Gasteiger partial charge is 0.737 e. The average molecular weight is 328 g/mol. The van der Waals surface area contributed by atoms with Gasteiger partial charge in [0.15, 0.2) is 17.8 Å². The van der Waals surface area contributed by atoms with E-state index in [9.17, 15) is 0 Å². The highest BCUT2D eigenvalue weighted by Crippen LogP contribution is 2.34. The molecule has 2 aliphatic rings. The Morgan fingerprint density at radius 1 is 1.12 bits per heavy atom. The van der Waals surface area contributed by atoms with Gasteiger partial charge in [-0.1, -0.05) is 0 Å². The Morgan fingerprint density at radius 2 is 1.88 bits per heavy atom. The molecule has 6 nitrogen and oxygen atoms in total. The molecule has 0 bridgehead atoms. The van der Waals surface area contributed by atoms with E-state index >= 15 is 8.63 Å².